The number of likely N-dealkylation sites (N-methyl/N-ethyl adjacent to an activating group) is 1. The number of ether oxygens (including phenoxy) is 1. The number of hydrogen-bond acceptors (Lipinski definition) is 3. The van der Waals surface area contributed by atoms with E-state index in [1.807, 2.05) is 12.1 Å². The van der Waals surface area contributed by atoms with E-state index in [2.05, 4.69) is 37.2 Å². The van der Waals surface area contributed by atoms with Crippen LogP contribution in [0.5, 0.6) is 0 Å². The molecule has 1 aliphatic rings. The van der Waals surface area contributed by atoms with Gasteiger partial charge in [0, 0.05) is 43.0 Å². The molecule has 3 nitrogen and oxygen atoms in total. The van der Waals surface area contributed by atoms with Gasteiger partial charge in [-0.3, -0.25) is 0 Å². The molecule has 1 N–H and O–H groups in total. The van der Waals surface area contributed by atoms with Gasteiger partial charge in [-0.05, 0) is 37.4 Å². The third kappa shape index (κ3) is 4.87. The van der Waals surface area contributed by atoms with Gasteiger partial charge in [0.25, 0.3) is 0 Å². The third-order valence-corrected chi connectivity index (χ3v) is 4.22. The number of nitrogens with zero attached hydrogens (tertiary/aromatic N) is 1. The van der Waals surface area contributed by atoms with Crippen molar-refractivity contribution in [3.63, 3.8) is 0 Å². The molecule has 2 rings (SSSR count). The van der Waals surface area contributed by atoms with Crippen molar-refractivity contribution in [3.05, 3.63) is 28.8 Å². The van der Waals surface area contributed by atoms with Gasteiger partial charge in [0.05, 0.1) is 6.10 Å². The van der Waals surface area contributed by atoms with Gasteiger partial charge in [0.2, 0.25) is 0 Å². The second-order valence-corrected chi connectivity index (χ2v) is 6.69. The molecule has 0 radical (unpaired) electrons. The van der Waals surface area contributed by atoms with Gasteiger partial charge in [-0.15, -0.1) is 0 Å². The van der Waals surface area contributed by atoms with Crippen molar-refractivity contribution in [2.24, 2.45) is 5.92 Å². The fourth-order valence-corrected chi connectivity index (χ4v) is 2.99. The first-order chi connectivity index (χ1) is 10.1. The van der Waals surface area contributed by atoms with Crippen molar-refractivity contribution in [3.8, 4) is 0 Å². The maximum atomic E-state index is 6.41. The largest absolute Gasteiger partial charge is 0.376 e. The number of rotatable bonds is 7. The molecule has 0 saturated carbocycles. The summed E-state index contributed by atoms with van der Waals surface area (Å²) in [4.78, 5) is 2.27. The maximum absolute atomic E-state index is 6.41. The van der Waals surface area contributed by atoms with Crippen LogP contribution in [-0.4, -0.2) is 32.8 Å². The molecule has 1 unspecified atom stereocenters. The summed E-state index contributed by atoms with van der Waals surface area (Å²) < 4.78 is 5.74. The van der Waals surface area contributed by atoms with Crippen LogP contribution in [-0.2, 0) is 11.3 Å². The summed E-state index contributed by atoms with van der Waals surface area (Å²) in [6, 6.07) is 6.14. The van der Waals surface area contributed by atoms with E-state index in [1.54, 1.807) is 0 Å². The van der Waals surface area contributed by atoms with Crippen LogP contribution in [0.2, 0.25) is 5.02 Å². The van der Waals surface area contributed by atoms with E-state index in [0.29, 0.717) is 12.0 Å². The van der Waals surface area contributed by atoms with E-state index in [4.69, 9.17) is 16.3 Å². The van der Waals surface area contributed by atoms with Gasteiger partial charge in [-0.25, -0.2) is 0 Å². The molecule has 1 heterocycles. The second-order valence-electron chi connectivity index (χ2n) is 6.28. The first-order valence-electron chi connectivity index (χ1n) is 7.88. The maximum Gasteiger partial charge on any atom is 0.0750 e. The summed E-state index contributed by atoms with van der Waals surface area (Å²) >= 11 is 6.41. The van der Waals surface area contributed by atoms with Crippen LogP contribution in [0, 0.1) is 5.92 Å². The predicted molar refractivity (Wildman–Crippen MR) is 90.2 cm³/mol. The Labute approximate surface area is 133 Å². The van der Waals surface area contributed by atoms with E-state index in [1.165, 1.54) is 17.7 Å². The molecule has 0 aromatic heterocycles. The molecule has 1 aromatic carbocycles. The third-order valence-electron chi connectivity index (χ3n) is 3.86. The van der Waals surface area contributed by atoms with Crippen molar-refractivity contribution in [1.82, 2.24) is 5.32 Å². The summed E-state index contributed by atoms with van der Waals surface area (Å²) in [5, 5.41) is 4.32. The second kappa shape index (κ2) is 8.02. The molecule has 0 aliphatic carbocycles. The van der Waals surface area contributed by atoms with E-state index >= 15 is 0 Å². The van der Waals surface area contributed by atoms with Crippen molar-refractivity contribution >= 4 is 17.3 Å². The number of halogens is 1. The molecule has 1 saturated heterocycles. The lowest BCUT2D eigenvalue weighted by atomic mass is 10.1. The number of benzene rings is 1. The molecule has 0 spiro atoms. The van der Waals surface area contributed by atoms with Crippen LogP contribution in [0.3, 0.4) is 0 Å². The Balaban J connectivity index is 2.04. The summed E-state index contributed by atoms with van der Waals surface area (Å²) in [5.41, 5.74) is 2.38. The fourth-order valence-electron chi connectivity index (χ4n) is 2.76. The van der Waals surface area contributed by atoms with Crippen molar-refractivity contribution in [1.29, 1.82) is 0 Å². The Hall–Kier alpha value is -0.770. The fraction of sp³-hybridized carbons (Fsp3) is 0.647. The summed E-state index contributed by atoms with van der Waals surface area (Å²) in [7, 11) is 2.12. The van der Waals surface area contributed by atoms with Crippen LogP contribution in [0.25, 0.3) is 0 Å². The number of anilines is 1. The molecule has 118 valence electrons. The van der Waals surface area contributed by atoms with Crippen LogP contribution in [0.1, 0.15) is 32.3 Å². The zero-order valence-corrected chi connectivity index (χ0v) is 14.1. The van der Waals surface area contributed by atoms with Crippen LogP contribution < -0.4 is 10.2 Å². The van der Waals surface area contributed by atoms with Gasteiger partial charge >= 0.3 is 0 Å². The Morgan fingerprint density at radius 3 is 2.90 bits per heavy atom. The highest BCUT2D eigenvalue weighted by Gasteiger charge is 2.19. The minimum Gasteiger partial charge on any atom is -0.376 e. The monoisotopic (exact) mass is 310 g/mol. The number of nitrogens with one attached hydrogen (secondary N) is 1. The van der Waals surface area contributed by atoms with Crippen molar-refractivity contribution in [2.45, 2.75) is 39.3 Å². The zero-order valence-electron chi connectivity index (χ0n) is 13.4. The van der Waals surface area contributed by atoms with Crippen LogP contribution in [0.4, 0.5) is 5.69 Å². The van der Waals surface area contributed by atoms with E-state index < -0.39 is 0 Å². The Bertz CT molecular complexity index is 444. The molecule has 4 heteroatoms. The minimum atomic E-state index is 0.352. The molecule has 0 bridgehead atoms. The summed E-state index contributed by atoms with van der Waals surface area (Å²) in [6.07, 6.45) is 2.69. The molecule has 1 aromatic rings. The Kier molecular flexibility index (Phi) is 6.34. The molecule has 21 heavy (non-hydrogen) atoms. The lowest BCUT2D eigenvalue weighted by Gasteiger charge is -2.26. The highest BCUT2D eigenvalue weighted by molar-refractivity contribution is 6.31. The smallest absolute Gasteiger partial charge is 0.0750 e. The van der Waals surface area contributed by atoms with Crippen LogP contribution >= 0.6 is 11.6 Å². The van der Waals surface area contributed by atoms with Crippen molar-refractivity contribution < 1.29 is 4.74 Å². The van der Waals surface area contributed by atoms with Gasteiger partial charge in [0.1, 0.15) is 0 Å². The topological polar surface area (TPSA) is 24.5 Å². The average Bonchev–Trinajstić information content (AvgIpc) is 2.93. The van der Waals surface area contributed by atoms with Gasteiger partial charge in [0.15, 0.2) is 0 Å². The Morgan fingerprint density at radius 2 is 2.24 bits per heavy atom. The average molecular weight is 311 g/mol. The van der Waals surface area contributed by atoms with Crippen molar-refractivity contribution in [2.75, 3.05) is 31.6 Å². The standard InChI is InChI=1S/C17H27ClN2O/c1-13(2)10-19-11-15-16(18)7-4-8-17(15)20(3)12-14-6-5-9-21-14/h4,7-8,13-14,19H,5-6,9-12H2,1-3H3. The molecule has 1 atom stereocenters. The summed E-state index contributed by atoms with van der Waals surface area (Å²) in [5.74, 6) is 0.639. The van der Waals surface area contributed by atoms with Gasteiger partial charge in [-0.2, -0.15) is 0 Å². The van der Waals surface area contributed by atoms with Crippen LogP contribution in [0.15, 0.2) is 18.2 Å². The lowest BCUT2D eigenvalue weighted by Crippen LogP contribution is -2.30. The quantitative estimate of drug-likeness (QED) is 0.831. The molecule has 0 amide bonds. The summed E-state index contributed by atoms with van der Waals surface area (Å²) in [6.45, 7) is 8.06. The number of hydrogen-bond donors (Lipinski definition) is 1. The first kappa shape index (κ1) is 16.6. The molecule has 1 fully saturated rings. The normalized spacial score (nSPS) is 18.4. The van der Waals surface area contributed by atoms with E-state index in [-0.39, 0.29) is 0 Å². The predicted octanol–water partition coefficient (Wildman–Crippen LogP) is 3.70. The first-order valence-corrected chi connectivity index (χ1v) is 8.26. The zero-order chi connectivity index (χ0) is 15.2. The Morgan fingerprint density at radius 1 is 1.43 bits per heavy atom. The van der Waals surface area contributed by atoms with Gasteiger partial charge in [-0.1, -0.05) is 31.5 Å². The van der Waals surface area contributed by atoms with E-state index in [0.717, 1.165) is 37.7 Å². The highest BCUT2D eigenvalue weighted by Crippen LogP contribution is 2.28. The SMILES string of the molecule is CC(C)CNCc1c(Cl)cccc1N(C)CC1CCCO1. The molecule has 1 aliphatic heterocycles. The highest BCUT2D eigenvalue weighted by atomic mass is 35.5. The lowest BCUT2D eigenvalue weighted by molar-refractivity contribution is 0.116. The van der Waals surface area contributed by atoms with E-state index in [9.17, 15) is 0 Å². The van der Waals surface area contributed by atoms with Gasteiger partial charge < -0.3 is 15.0 Å². The molecular formula is C17H27ClN2O. The molecular weight excluding hydrogens is 284 g/mol. The minimum absolute atomic E-state index is 0.352.